The first-order valence-electron chi connectivity index (χ1n) is 6.49. The molecule has 0 radical (unpaired) electrons. The molecular weight excluding hydrogens is 270 g/mol. The summed E-state index contributed by atoms with van der Waals surface area (Å²) in [6, 6.07) is 7.64. The Morgan fingerprint density at radius 3 is 2.33 bits per heavy atom. The normalized spacial score (nSPS) is 10.4. The van der Waals surface area contributed by atoms with Crippen molar-refractivity contribution in [2.45, 2.75) is 13.0 Å². The van der Waals surface area contributed by atoms with E-state index in [0.717, 1.165) is 11.1 Å². The lowest BCUT2D eigenvalue weighted by Gasteiger charge is -2.10. The van der Waals surface area contributed by atoms with Gasteiger partial charge < -0.3 is 10.0 Å². The topological polar surface area (TPSA) is 75.4 Å². The fourth-order valence-electron chi connectivity index (χ4n) is 1.84. The van der Waals surface area contributed by atoms with Crippen LogP contribution in [0.2, 0.25) is 0 Å². The third-order valence-electron chi connectivity index (χ3n) is 3.10. The van der Waals surface area contributed by atoms with Gasteiger partial charge in [-0.1, -0.05) is 24.3 Å². The fourth-order valence-corrected chi connectivity index (χ4v) is 1.84. The Morgan fingerprint density at radius 2 is 1.81 bits per heavy atom. The molecule has 21 heavy (non-hydrogen) atoms. The zero-order valence-corrected chi connectivity index (χ0v) is 12.0. The number of nitrogens with zero attached hydrogens (tertiary/aromatic N) is 3. The van der Waals surface area contributed by atoms with Crippen molar-refractivity contribution in [3.05, 3.63) is 53.3 Å². The zero-order chi connectivity index (χ0) is 15.4. The highest BCUT2D eigenvalue weighted by atomic mass is 16.4. The van der Waals surface area contributed by atoms with Crippen molar-refractivity contribution in [3.8, 4) is 0 Å². The minimum atomic E-state index is -0.987. The Balaban J connectivity index is 2.01. The van der Waals surface area contributed by atoms with Gasteiger partial charge in [0.25, 0.3) is 0 Å². The van der Waals surface area contributed by atoms with E-state index >= 15 is 0 Å². The van der Waals surface area contributed by atoms with Crippen LogP contribution in [-0.4, -0.2) is 45.8 Å². The summed E-state index contributed by atoms with van der Waals surface area (Å²) in [6.07, 6.45) is 3.19. The number of carboxylic acid groups (broad SMARTS) is 1. The van der Waals surface area contributed by atoms with Gasteiger partial charge in [-0.3, -0.25) is 9.48 Å². The third kappa shape index (κ3) is 3.92. The van der Waals surface area contributed by atoms with Crippen molar-refractivity contribution in [2.24, 2.45) is 0 Å². The van der Waals surface area contributed by atoms with Gasteiger partial charge in [-0.25, -0.2) is 4.79 Å². The lowest BCUT2D eigenvalue weighted by atomic mass is 10.1. The van der Waals surface area contributed by atoms with Gasteiger partial charge in [-0.15, -0.1) is 0 Å². The molecule has 0 aliphatic carbocycles. The highest BCUT2D eigenvalue weighted by Gasteiger charge is 2.07. The molecule has 0 saturated heterocycles. The summed E-state index contributed by atoms with van der Waals surface area (Å²) in [5.41, 5.74) is 2.11. The molecule has 6 heteroatoms. The second kappa shape index (κ2) is 6.21. The average Bonchev–Trinajstić information content (AvgIpc) is 2.89. The lowest BCUT2D eigenvalue weighted by Crippen LogP contribution is -2.23. The van der Waals surface area contributed by atoms with E-state index in [1.54, 1.807) is 23.7 Å². The van der Waals surface area contributed by atoms with Crippen LogP contribution in [0.5, 0.6) is 0 Å². The van der Waals surface area contributed by atoms with Gasteiger partial charge in [-0.05, 0) is 11.1 Å². The molecule has 0 spiro atoms. The molecule has 0 unspecified atom stereocenters. The first-order valence-corrected chi connectivity index (χ1v) is 6.49. The van der Waals surface area contributed by atoms with Crippen LogP contribution in [-0.2, 0) is 17.8 Å². The number of aromatic carboxylic acids is 1. The van der Waals surface area contributed by atoms with E-state index in [4.69, 9.17) is 5.11 Å². The quantitative estimate of drug-likeness (QED) is 0.898. The highest BCUT2D eigenvalue weighted by molar-refractivity contribution is 5.86. The summed E-state index contributed by atoms with van der Waals surface area (Å²) in [5.74, 6) is -0.931. The smallest absolute Gasteiger partial charge is 0.338 e. The number of carbonyl (C=O) groups excluding carboxylic acids is 1. The second-order valence-electron chi connectivity index (χ2n) is 5.01. The third-order valence-corrected chi connectivity index (χ3v) is 3.10. The van der Waals surface area contributed by atoms with Crippen LogP contribution < -0.4 is 0 Å². The zero-order valence-electron chi connectivity index (χ0n) is 12.0. The molecule has 1 amide bonds. The SMILES string of the molecule is CN(C)C(=O)Cc1ccc(Cn2cc(C(=O)O)cn2)cc1. The maximum absolute atomic E-state index is 11.6. The number of aromatic nitrogens is 2. The minimum Gasteiger partial charge on any atom is -0.478 e. The number of carboxylic acids is 1. The molecule has 2 aromatic rings. The van der Waals surface area contributed by atoms with Crippen molar-refractivity contribution >= 4 is 11.9 Å². The van der Waals surface area contributed by atoms with Crippen molar-refractivity contribution in [1.29, 1.82) is 0 Å². The van der Waals surface area contributed by atoms with Crippen molar-refractivity contribution in [3.63, 3.8) is 0 Å². The van der Waals surface area contributed by atoms with Gasteiger partial charge >= 0.3 is 5.97 Å². The Bertz CT molecular complexity index is 644. The van der Waals surface area contributed by atoms with Crippen LogP contribution >= 0.6 is 0 Å². The van der Waals surface area contributed by atoms with Crippen LogP contribution in [0.15, 0.2) is 36.7 Å². The van der Waals surface area contributed by atoms with Crippen molar-refractivity contribution < 1.29 is 14.7 Å². The largest absolute Gasteiger partial charge is 0.478 e. The van der Waals surface area contributed by atoms with Crippen LogP contribution in [0.1, 0.15) is 21.5 Å². The molecular formula is C15H17N3O3. The summed E-state index contributed by atoms with van der Waals surface area (Å²) in [6.45, 7) is 0.495. The Kier molecular flexibility index (Phi) is 4.37. The van der Waals surface area contributed by atoms with E-state index in [0.29, 0.717) is 13.0 Å². The van der Waals surface area contributed by atoms with Crippen LogP contribution in [0.3, 0.4) is 0 Å². The number of benzene rings is 1. The van der Waals surface area contributed by atoms with Crippen LogP contribution in [0.25, 0.3) is 0 Å². The van der Waals surface area contributed by atoms with Gasteiger partial charge in [0.1, 0.15) is 0 Å². The van der Waals surface area contributed by atoms with Crippen LogP contribution in [0, 0.1) is 0 Å². The summed E-state index contributed by atoms with van der Waals surface area (Å²) < 4.78 is 1.57. The molecule has 1 aromatic carbocycles. The van der Waals surface area contributed by atoms with Gasteiger partial charge in [0, 0.05) is 20.3 Å². The van der Waals surface area contributed by atoms with E-state index < -0.39 is 5.97 Å². The number of rotatable bonds is 5. The standard InChI is InChI=1S/C15H17N3O3/c1-17(2)14(19)7-11-3-5-12(6-4-11)9-18-10-13(8-16-18)15(20)21/h3-6,8,10H,7,9H2,1-2H3,(H,20,21). The molecule has 1 N–H and O–H groups in total. The summed E-state index contributed by atoms with van der Waals surface area (Å²) in [7, 11) is 3.46. The van der Waals surface area contributed by atoms with Gasteiger partial charge in [-0.2, -0.15) is 5.10 Å². The maximum atomic E-state index is 11.6. The monoisotopic (exact) mass is 287 g/mol. The molecule has 0 aliphatic heterocycles. The van der Waals surface area contributed by atoms with Crippen molar-refractivity contribution in [1.82, 2.24) is 14.7 Å². The molecule has 0 bridgehead atoms. The average molecular weight is 287 g/mol. The number of amides is 1. The first kappa shape index (κ1) is 14.8. The number of hydrogen-bond acceptors (Lipinski definition) is 3. The molecule has 1 heterocycles. The summed E-state index contributed by atoms with van der Waals surface area (Å²) in [4.78, 5) is 24.0. The van der Waals surface area contributed by atoms with Gasteiger partial charge in [0.2, 0.25) is 5.91 Å². The van der Waals surface area contributed by atoms with Gasteiger partial charge in [0.15, 0.2) is 0 Å². The van der Waals surface area contributed by atoms with E-state index in [9.17, 15) is 9.59 Å². The van der Waals surface area contributed by atoms with Crippen LogP contribution in [0.4, 0.5) is 0 Å². The Labute approximate surface area is 122 Å². The second-order valence-corrected chi connectivity index (χ2v) is 5.01. The molecule has 110 valence electrons. The van der Waals surface area contributed by atoms with E-state index in [1.807, 2.05) is 24.3 Å². The molecule has 0 fully saturated rings. The first-order chi connectivity index (χ1) is 9.95. The molecule has 0 saturated carbocycles. The highest BCUT2D eigenvalue weighted by Crippen LogP contribution is 2.08. The summed E-state index contributed by atoms with van der Waals surface area (Å²) >= 11 is 0. The van der Waals surface area contributed by atoms with Gasteiger partial charge in [0.05, 0.1) is 24.7 Å². The maximum Gasteiger partial charge on any atom is 0.338 e. The molecule has 1 aromatic heterocycles. The Morgan fingerprint density at radius 1 is 1.19 bits per heavy atom. The Hall–Kier alpha value is -2.63. The summed E-state index contributed by atoms with van der Waals surface area (Å²) in [5, 5.41) is 12.8. The van der Waals surface area contributed by atoms with E-state index in [2.05, 4.69) is 5.10 Å². The molecule has 2 rings (SSSR count). The van der Waals surface area contributed by atoms with E-state index in [1.165, 1.54) is 12.4 Å². The number of carbonyl (C=O) groups is 2. The number of likely N-dealkylation sites (N-methyl/N-ethyl adjacent to an activating group) is 1. The lowest BCUT2D eigenvalue weighted by molar-refractivity contribution is -0.127. The molecule has 0 aliphatic rings. The van der Waals surface area contributed by atoms with E-state index in [-0.39, 0.29) is 11.5 Å². The fraction of sp³-hybridized carbons (Fsp3) is 0.267. The predicted octanol–water partition coefficient (Wildman–Crippen LogP) is 1.26. The predicted molar refractivity (Wildman–Crippen MR) is 77.1 cm³/mol. The molecule has 0 atom stereocenters. The molecule has 6 nitrogen and oxygen atoms in total. The minimum absolute atomic E-state index is 0.0564. The van der Waals surface area contributed by atoms with Crippen molar-refractivity contribution in [2.75, 3.05) is 14.1 Å². The number of hydrogen-bond donors (Lipinski definition) is 1.